The molecule has 1 aliphatic heterocycles. The Morgan fingerprint density at radius 2 is 2.12 bits per heavy atom. The maximum atomic E-state index is 13.0. The Balaban J connectivity index is 1.58. The number of carbonyl (C=O) groups excluding carboxylic acids is 1. The molecule has 1 N–H and O–H groups in total. The maximum Gasteiger partial charge on any atom is 0.257 e. The third kappa shape index (κ3) is 3.28. The van der Waals surface area contributed by atoms with E-state index in [1.807, 2.05) is 11.4 Å². The van der Waals surface area contributed by atoms with Crippen LogP contribution in [0.1, 0.15) is 20.8 Å². The summed E-state index contributed by atoms with van der Waals surface area (Å²) in [6, 6.07) is 8.02. The van der Waals surface area contributed by atoms with Gasteiger partial charge in [0.2, 0.25) is 15.2 Å². The number of benzene rings is 1. The van der Waals surface area contributed by atoms with Gasteiger partial charge < -0.3 is 0 Å². The van der Waals surface area contributed by atoms with Gasteiger partial charge in [0.05, 0.1) is 4.90 Å². The zero-order valence-electron chi connectivity index (χ0n) is 13.5. The van der Waals surface area contributed by atoms with Crippen molar-refractivity contribution in [1.29, 1.82) is 0 Å². The first-order valence-corrected chi connectivity index (χ1v) is 11.0. The zero-order chi connectivity index (χ0) is 18.1. The molecule has 10 heteroatoms. The highest BCUT2D eigenvalue weighted by atomic mass is 32.2. The molecule has 0 atom stereocenters. The van der Waals surface area contributed by atoms with Crippen molar-refractivity contribution < 1.29 is 13.2 Å². The molecule has 1 aliphatic rings. The highest BCUT2D eigenvalue weighted by Crippen LogP contribution is 2.28. The van der Waals surface area contributed by atoms with Crippen molar-refractivity contribution in [3.05, 3.63) is 57.2 Å². The molecule has 0 aliphatic carbocycles. The number of nitrogens with zero attached hydrogens (tertiary/aromatic N) is 3. The van der Waals surface area contributed by atoms with Crippen LogP contribution in [-0.2, 0) is 23.0 Å². The number of fused-ring (bicyclic) bond motifs is 1. The van der Waals surface area contributed by atoms with E-state index in [9.17, 15) is 13.2 Å². The van der Waals surface area contributed by atoms with Crippen LogP contribution >= 0.6 is 22.7 Å². The van der Waals surface area contributed by atoms with Crippen LogP contribution in [0.3, 0.4) is 0 Å². The van der Waals surface area contributed by atoms with Gasteiger partial charge in [-0.1, -0.05) is 17.4 Å². The van der Waals surface area contributed by atoms with E-state index in [2.05, 4.69) is 15.5 Å². The third-order valence-corrected chi connectivity index (χ3v) is 7.56. The molecule has 0 radical (unpaired) electrons. The van der Waals surface area contributed by atoms with E-state index >= 15 is 0 Å². The van der Waals surface area contributed by atoms with E-state index in [1.54, 1.807) is 23.5 Å². The number of aromatic nitrogens is 2. The van der Waals surface area contributed by atoms with Crippen molar-refractivity contribution >= 4 is 43.7 Å². The summed E-state index contributed by atoms with van der Waals surface area (Å²) < 4.78 is 27.4. The molecule has 0 spiro atoms. The number of amides is 1. The monoisotopic (exact) mass is 406 g/mol. The molecule has 26 heavy (non-hydrogen) atoms. The number of hydrogen-bond acceptors (Lipinski definition) is 7. The average Bonchev–Trinajstić information content (AvgIpc) is 3.32. The summed E-state index contributed by atoms with van der Waals surface area (Å²) in [7, 11) is -3.67. The molecule has 0 fully saturated rings. The molecule has 3 aromatic rings. The molecule has 0 saturated heterocycles. The van der Waals surface area contributed by atoms with E-state index < -0.39 is 15.9 Å². The van der Waals surface area contributed by atoms with Gasteiger partial charge in [-0.25, -0.2) is 8.42 Å². The van der Waals surface area contributed by atoms with Crippen LogP contribution in [0.5, 0.6) is 0 Å². The molecule has 1 aromatic carbocycles. The average molecular weight is 407 g/mol. The van der Waals surface area contributed by atoms with Crippen LogP contribution in [0, 0.1) is 0 Å². The van der Waals surface area contributed by atoms with E-state index in [0.717, 1.165) is 5.56 Å². The van der Waals surface area contributed by atoms with Gasteiger partial charge in [-0.05, 0) is 41.6 Å². The molecule has 7 nitrogen and oxygen atoms in total. The van der Waals surface area contributed by atoms with E-state index in [1.165, 1.54) is 38.2 Å². The molecule has 0 bridgehead atoms. The fourth-order valence-electron chi connectivity index (χ4n) is 2.77. The predicted molar refractivity (Wildman–Crippen MR) is 99.9 cm³/mol. The summed E-state index contributed by atoms with van der Waals surface area (Å²) in [5.74, 6) is -0.419. The fourth-order valence-corrected chi connectivity index (χ4v) is 5.57. The summed E-state index contributed by atoms with van der Waals surface area (Å²) >= 11 is 2.85. The van der Waals surface area contributed by atoms with Gasteiger partial charge in [-0.15, -0.1) is 21.5 Å². The molecule has 3 heterocycles. The Labute approximate surface area is 158 Å². The van der Waals surface area contributed by atoms with Crippen LogP contribution in [0.15, 0.2) is 46.1 Å². The van der Waals surface area contributed by atoms with Gasteiger partial charge in [0, 0.05) is 23.5 Å². The molecule has 1 amide bonds. The SMILES string of the molecule is O=C(Nc1nncs1)c1cccc(S(=O)(=O)N2CCc3sccc3C2)c1. The summed E-state index contributed by atoms with van der Waals surface area (Å²) in [5.41, 5.74) is 2.82. The minimum Gasteiger partial charge on any atom is -0.296 e. The van der Waals surface area contributed by atoms with Crippen molar-refractivity contribution in [2.75, 3.05) is 11.9 Å². The zero-order valence-corrected chi connectivity index (χ0v) is 15.9. The molecular formula is C16H14N4O3S3. The molecule has 2 aromatic heterocycles. The second-order valence-corrected chi connectivity index (χ2v) is 9.46. The summed E-state index contributed by atoms with van der Waals surface area (Å²) in [6.45, 7) is 0.805. The summed E-state index contributed by atoms with van der Waals surface area (Å²) in [6.07, 6.45) is 0.712. The highest BCUT2D eigenvalue weighted by molar-refractivity contribution is 7.89. The highest BCUT2D eigenvalue weighted by Gasteiger charge is 2.29. The Kier molecular flexibility index (Phi) is 4.57. The lowest BCUT2D eigenvalue weighted by atomic mass is 10.1. The molecule has 0 saturated carbocycles. The maximum absolute atomic E-state index is 13.0. The van der Waals surface area contributed by atoms with Gasteiger partial charge in [-0.2, -0.15) is 4.31 Å². The van der Waals surface area contributed by atoms with Gasteiger partial charge in [0.15, 0.2) is 0 Å². The summed E-state index contributed by atoms with van der Waals surface area (Å²) in [5, 5.41) is 12.4. The van der Waals surface area contributed by atoms with Crippen molar-refractivity contribution in [2.24, 2.45) is 0 Å². The number of carbonyl (C=O) groups is 1. The topological polar surface area (TPSA) is 92.3 Å². The number of thiophene rings is 1. The van der Waals surface area contributed by atoms with Crippen molar-refractivity contribution in [2.45, 2.75) is 17.9 Å². The van der Waals surface area contributed by atoms with Gasteiger partial charge in [0.1, 0.15) is 5.51 Å². The van der Waals surface area contributed by atoms with Crippen LogP contribution in [0.4, 0.5) is 5.13 Å². The van der Waals surface area contributed by atoms with Crippen LogP contribution in [0.25, 0.3) is 0 Å². The van der Waals surface area contributed by atoms with E-state index in [-0.39, 0.29) is 10.5 Å². The van der Waals surface area contributed by atoms with Crippen LogP contribution in [0.2, 0.25) is 0 Å². The van der Waals surface area contributed by atoms with Gasteiger partial charge in [0.25, 0.3) is 5.91 Å². The minimum absolute atomic E-state index is 0.112. The van der Waals surface area contributed by atoms with E-state index in [0.29, 0.717) is 24.6 Å². The second kappa shape index (κ2) is 6.88. The van der Waals surface area contributed by atoms with Crippen LogP contribution < -0.4 is 5.32 Å². The van der Waals surface area contributed by atoms with Crippen molar-refractivity contribution in [3.8, 4) is 0 Å². The Morgan fingerprint density at radius 3 is 2.92 bits per heavy atom. The standard InChI is InChI=1S/C16H14N4O3S3/c21-15(18-16-19-17-10-25-16)11-2-1-3-13(8-11)26(22,23)20-6-4-14-12(9-20)5-7-24-14/h1-3,5,7-8,10H,4,6,9H2,(H,18,19,21). The lowest BCUT2D eigenvalue weighted by Crippen LogP contribution is -2.35. The van der Waals surface area contributed by atoms with Crippen molar-refractivity contribution in [1.82, 2.24) is 14.5 Å². The first-order chi connectivity index (χ1) is 12.5. The lowest BCUT2D eigenvalue weighted by Gasteiger charge is -2.26. The molecule has 0 unspecified atom stereocenters. The van der Waals surface area contributed by atoms with Gasteiger partial charge in [-0.3, -0.25) is 10.1 Å². The minimum atomic E-state index is -3.67. The molecule has 4 rings (SSSR count). The molecule has 134 valence electrons. The van der Waals surface area contributed by atoms with Crippen LogP contribution in [-0.4, -0.2) is 35.4 Å². The lowest BCUT2D eigenvalue weighted by molar-refractivity contribution is 0.102. The Morgan fingerprint density at radius 1 is 1.23 bits per heavy atom. The quantitative estimate of drug-likeness (QED) is 0.719. The third-order valence-electron chi connectivity index (χ3n) is 4.09. The Hall–Kier alpha value is -2.14. The predicted octanol–water partition coefficient (Wildman–Crippen LogP) is 2.60. The Bertz CT molecular complexity index is 1040. The summed E-state index contributed by atoms with van der Waals surface area (Å²) in [4.78, 5) is 13.7. The number of anilines is 1. The normalized spacial score (nSPS) is 14.8. The van der Waals surface area contributed by atoms with Crippen molar-refractivity contribution in [3.63, 3.8) is 0 Å². The first-order valence-electron chi connectivity index (χ1n) is 7.77. The molecular weight excluding hydrogens is 392 g/mol. The number of sulfonamides is 1. The number of rotatable bonds is 4. The first kappa shape index (κ1) is 17.3. The largest absolute Gasteiger partial charge is 0.296 e. The fraction of sp³-hybridized carbons (Fsp3) is 0.188. The van der Waals surface area contributed by atoms with Gasteiger partial charge >= 0.3 is 0 Å². The number of nitrogens with one attached hydrogen (secondary N) is 1. The number of hydrogen-bond donors (Lipinski definition) is 1. The second-order valence-electron chi connectivity index (χ2n) is 5.68. The smallest absolute Gasteiger partial charge is 0.257 e. The van der Waals surface area contributed by atoms with E-state index in [4.69, 9.17) is 0 Å².